The van der Waals surface area contributed by atoms with Gasteiger partial charge in [0.15, 0.2) is 0 Å². The fourth-order valence-electron chi connectivity index (χ4n) is 2.85. The van der Waals surface area contributed by atoms with Gasteiger partial charge in [0.05, 0.1) is 0 Å². The lowest BCUT2D eigenvalue weighted by Crippen LogP contribution is -2.32. The van der Waals surface area contributed by atoms with Gasteiger partial charge in [-0.15, -0.1) is 0 Å². The number of aryl methyl sites for hydroxylation is 4. The lowest BCUT2D eigenvalue weighted by molar-refractivity contribution is 0.196. The van der Waals surface area contributed by atoms with Crippen LogP contribution in [0.25, 0.3) is 0 Å². The molecule has 0 spiro atoms. The lowest BCUT2D eigenvalue weighted by atomic mass is 10.1. The normalized spacial score (nSPS) is 10.9. The quantitative estimate of drug-likeness (QED) is 0.432. The predicted molar refractivity (Wildman–Crippen MR) is 132 cm³/mol. The van der Waals surface area contributed by atoms with Crippen LogP contribution in [0, 0.1) is 27.7 Å². The summed E-state index contributed by atoms with van der Waals surface area (Å²) < 4.78 is 11.0. The van der Waals surface area contributed by atoms with Crippen molar-refractivity contribution >= 4 is 33.8 Å². The molecule has 0 saturated heterocycles. The molecule has 8 heteroatoms. The molecule has 0 aliphatic rings. The summed E-state index contributed by atoms with van der Waals surface area (Å²) in [4.78, 5) is 26.0. The van der Waals surface area contributed by atoms with Gasteiger partial charge in [0, 0.05) is 21.9 Å². The van der Waals surface area contributed by atoms with Gasteiger partial charge in [0.1, 0.15) is 11.5 Å². The van der Waals surface area contributed by atoms with E-state index in [4.69, 9.17) is 9.47 Å². The second-order valence-electron chi connectivity index (χ2n) is 8.31. The standard InChI is InChI=1S/C24H32N2O4S2/c1-13(2)25-23(27)29-19-11-21(17(7)9-15(19)5)31-32-22-12-20(16(6)10-18(22)8)30-24(28)26-14(3)4/h9-14H,1-8H3,(H,25,27)(H,26,28). The van der Waals surface area contributed by atoms with Crippen LogP contribution in [0.1, 0.15) is 49.9 Å². The molecule has 0 saturated carbocycles. The van der Waals surface area contributed by atoms with Gasteiger partial charge in [-0.25, -0.2) is 9.59 Å². The highest BCUT2D eigenvalue weighted by atomic mass is 33.1. The van der Waals surface area contributed by atoms with E-state index in [2.05, 4.69) is 10.6 Å². The van der Waals surface area contributed by atoms with Gasteiger partial charge >= 0.3 is 12.2 Å². The van der Waals surface area contributed by atoms with Gasteiger partial charge in [-0.1, -0.05) is 33.7 Å². The van der Waals surface area contributed by atoms with E-state index >= 15 is 0 Å². The second-order valence-corrected chi connectivity index (χ2v) is 10.5. The number of hydrogen-bond acceptors (Lipinski definition) is 6. The fraction of sp³-hybridized carbons (Fsp3) is 0.417. The van der Waals surface area contributed by atoms with E-state index in [1.807, 2.05) is 79.7 Å². The van der Waals surface area contributed by atoms with Gasteiger partial charge in [-0.05, 0) is 89.8 Å². The Morgan fingerprint density at radius 3 is 1.31 bits per heavy atom. The van der Waals surface area contributed by atoms with Gasteiger partial charge in [0.2, 0.25) is 0 Å². The molecule has 0 aliphatic heterocycles. The monoisotopic (exact) mass is 476 g/mol. The maximum absolute atomic E-state index is 12.0. The minimum absolute atomic E-state index is 0.00111. The average molecular weight is 477 g/mol. The molecule has 6 nitrogen and oxygen atoms in total. The van der Waals surface area contributed by atoms with Crippen molar-refractivity contribution in [3.05, 3.63) is 46.5 Å². The molecule has 0 heterocycles. The van der Waals surface area contributed by atoms with Gasteiger partial charge in [0.25, 0.3) is 0 Å². The summed E-state index contributed by atoms with van der Waals surface area (Å²) in [7, 11) is 3.14. The summed E-state index contributed by atoms with van der Waals surface area (Å²) in [5.41, 5.74) is 3.98. The third kappa shape index (κ3) is 7.67. The van der Waals surface area contributed by atoms with Crippen LogP contribution in [0.4, 0.5) is 9.59 Å². The van der Waals surface area contributed by atoms with Gasteiger partial charge in [-0.3, -0.25) is 0 Å². The molecule has 0 unspecified atom stereocenters. The van der Waals surface area contributed by atoms with Crippen LogP contribution < -0.4 is 20.1 Å². The van der Waals surface area contributed by atoms with Crippen LogP contribution in [0.3, 0.4) is 0 Å². The number of nitrogens with one attached hydrogen (secondary N) is 2. The first-order valence-corrected chi connectivity index (χ1v) is 12.6. The Bertz CT molecular complexity index is 911. The summed E-state index contributed by atoms with van der Waals surface area (Å²) in [6.07, 6.45) is -0.933. The number of ether oxygens (including phenoxy) is 2. The largest absolute Gasteiger partial charge is 0.412 e. The molecule has 0 aromatic heterocycles. The average Bonchev–Trinajstić information content (AvgIpc) is 2.64. The van der Waals surface area contributed by atoms with Crippen LogP contribution in [0.15, 0.2) is 34.1 Å². The number of carbonyl (C=O) groups is 2. The molecule has 2 amide bonds. The van der Waals surface area contributed by atoms with Crippen LogP contribution in [-0.2, 0) is 0 Å². The van der Waals surface area contributed by atoms with Crippen LogP contribution >= 0.6 is 21.6 Å². The van der Waals surface area contributed by atoms with Gasteiger partial charge in [-0.2, -0.15) is 0 Å². The zero-order valence-electron chi connectivity index (χ0n) is 19.9. The molecule has 0 atom stereocenters. The Labute approximate surface area is 198 Å². The van der Waals surface area contributed by atoms with Crippen molar-refractivity contribution in [1.82, 2.24) is 10.6 Å². The zero-order valence-corrected chi connectivity index (χ0v) is 21.5. The van der Waals surface area contributed by atoms with Crippen molar-refractivity contribution in [2.75, 3.05) is 0 Å². The third-order valence-electron chi connectivity index (χ3n) is 4.38. The fourth-order valence-corrected chi connectivity index (χ4v) is 5.33. The number of benzene rings is 2. The molecule has 0 radical (unpaired) electrons. The van der Waals surface area contributed by atoms with Crippen molar-refractivity contribution < 1.29 is 19.1 Å². The molecule has 2 N–H and O–H groups in total. The molecule has 0 fully saturated rings. The van der Waals surface area contributed by atoms with Crippen LogP contribution in [0.5, 0.6) is 11.5 Å². The van der Waals surface area contributed by atoms with Crippen molar-refractivity contribution in [2.45, 2.75) is 77.3 Å². The number of hydrogen-bond donors (Lipinski definition) is 2. The zero-order chi connectivity index (χ0) is 24.0. The highest BCUT2D eigenvalue weighted by molar-refractivity contribution is 8.76. The molecule has 2 aromatic carbocycles. The van der Waals surface area contributed by atoms with E-state index in [0.717, 1.165) is 32.0 Å². The smallest absolute Gasteiger partial charge is 0.410 e. The molecule has 0 aliphatic carbocycles. The molecule has 2 rings (SSSR count). The van der Waals surface area contributed by atoms with E-state index in [9.17, 15) is 9.59 Å². The number of carbonyl (C=O) groups excluding carboxylic acids is 2. The summed E-state index contributed by atoms with van der Waals surface area (Å²) in [5, 5.41) is 5.47. The Kier molecular flexibility index (Phi) is 9.33. The predicted octanol–water partition coefficient (Wildman–Crippen LogP) is 6.71. The van der Waals surface area contributed by atoms with Crippen molar-refractivity contribution in [3.8, 4) is 11.5 Å². The summed E-state index contributed by atoms with van der Waals surface area (Å²) >= 11 is 0. The SMILES string of the molecule is Cc1cc(C)c(SSc2cc(OC(=O)NC(C)C)c(C)cc2C)cc1OC(=O)NC(C)C. The molecular formula is C24H32N2O4S2. The second kappa shape index (κ2) is 11.5. The molecule has 2 aromatic rings. The van der Waals surface area contributed by atoms with E-state index in [1.165, 1.54) is 0 Å². The minimum Gasteiger partial charge on any atom is -0.410 e. The summed E-state index contributed by atoms with van der Waals surface area (Å²) in [6.45, 7) is 15.4. The first-order valence-electron chi connectivity index (χ1n) is 10.5. The summed E-state index contributed by atoms with van der Waals surface area (Å²) in [5.74, 6) is 1.07. The third-order valence-corrected chi connectivity index (χ3v) is 7.03. The topological polar surface area (TPSA) is 76.7 Å². The first-order chi connectivity index (χ1) is 15.0. The summed E-state index contributed by atoms with van der Waals surface area (Å²) in [6, 6.07) is 7.79. The minimum atomic E-state index is -0.466. The van der Waals surface area contributed by atoms with E-state index in [-0.39, 0.29) is 12.1 Å². The highest BCUT2D eigenvalue weighted by Gasteiger charge is 2.15. The van der Waals surface area contributed by atoms with Crippen molar-refractivity contribution in [1.29, 1.82) is 0 Å². The van der Waals surface area contributed by atoms with Crippen molar-refractivity contribution in [3.63, 3.8) is 0 Å². The van der Waals surface area contributed by atoms with Gasteiger partial charge < -0.3 is 20.1 Å². The maximum atomic E-state index is 12.0. The Morgan fingerprint density at radius 2 is 1.00 bits per heavy atom. The van der Waals surface area contributed by atoms with E-state index in [0.29, 0.717) is 11.5 Å². The molecule has 0 bridgehead atoms. The number of amides is 2. The van der Waals surface area contributed by atoms with E-state index < -0.39 is 12.2 Å². The lowest BCUT2D eigenvalue weighted by Gasteiger charge is -2.15. The van der Waals surface area contributed by atoms with E-state index in [1.54, 1.807) is 21.6 Å². The van der Waals surface area contributed by atoms with Crippen LogP contribution in [0.2, 0.25) is 0 Å². The van der Waals surface area contributed by atoms with Crippen molar-refractivity contribution in [2.24, 2.45) is 0 Å². The highest BCUT2D eigenvalue weighted by Crippen LogP contribution is 2.43. The molecule has 32 heavy (non-hydrogen) atoms. The Hall–Kier alpha value is -2.32. The Balaban J connectivity index is 2.18. The maximum Gasteiger partial charge on any atom is 0.412 e. The Morgan fingerprint density at radius 1 is 0.656 bits per heavy atom. The van der Waals surface area contributed by atoms with Crippen LogP contribution in [-0.4, -0.2) is 24.3 Å². The molecule has 174 valence electrons. The first kappa shape index (κ1) is 25.9. The number of rotatable bonds is 7. The molecular weight excluding hydrogens is 444 g/mol.